The molecule has 1 atom stereocenters. The number of nitrogens with zero attached hydrogens (tertiary/aromatic N) is 2. The standard InChI is InChI=1S/C7H8N2O5S/c10-4-5(7(11)12)8(9(13)14)6-2-1-3-15-6/h1-3,5,10H,4H2,(H,11,12)/t5-/m0/s1. The number of hydrogen-bond donors (Lipinski definition) is 2. The number of rotatable bonds is 5. The summed E-state index contributed by atoms with van der Waals surface area (Å²) in [7, 11) is 0. The number of carboxylic acid groups (broad SMARTS) is 1. The monoisotopic (exact) mass is 232 g/mol. The van der Waals surface area contributed by atoms with Gasteiger partial charge in [0.25, 0.3) is 0 Å². The largest absolute Gasteiger partial charge is 0.479 e. The second-order valence-electron chi connectivity index (χ2n) is 2.57. The van der Waals surface area contributed by atoms with Crippen molar-refractivity contribution in [1.29, 1.82) is 0 Å². The van der Waals surface area contributed by atoms with Crippen molar-refractivity contribution in [3.8, 4) is 0 Å². The van der Waals surface area contributed by atoms with Crippen molar-refractivity contribution in [1.82, 2.24) is 0 Å². The highest BCUT2D eigenvalue weighted by Gasteiger charge is 2.34. The molecule has 1 aromatic rings. The lowest BCUT2D eigenvalue weighted by Crippen LogP contribution is -2.47. The molecule has 2 N–H and O–H groups in total. The first-order valence-electron chi connectivity index (χ1n) is 3.88. The van der Waals surface area contributed by atoms with Gasteiger partial charge < -0.3 is 10.2 Å². The number of anilines is 1. The van der Waals surface area contributed by atoms with Crippen LogP contribution >= 0.6 is 11.3 Å². The van der Waals surface area contributed by atoms with Crippen molar-refractivity contribution < 1.29 is 20.0 Å². The lowest BCUT2D eigenvalue weighted by atomic mass is 10.3. The van der Waals surface area contributed by atoms with Crippen LogP contribution in [-0.4, -0.2) is 33.9 Å². The number of aliphatic carboxylic acids is 1. The molecule has 1 rings (SSSR count). The van der Waals surface area contributed by atoms with Crippen LogP contribution in [0, 0.1) is 10.1 Å². The Morgan fingerprint density at radius 3 is 2.73 bits per heavy atom. The second-order valence-corrected chi connectivity index (χ2v) is 3.50. The van der Waals surface area contributed by atoms with Crippen molar-refractivity contribution in [2.45, 2.75) is 6.04 Å². The minimum absolute atomic E-state index is 0.168. The van der Waals surface area contributed by atoms with Gasteiger partial charge in [-0.25, -0.2) is 14.9 Å². The van der Waals surface area contributed by atoms with E-state index in [2.05, 4.69) is 0 Å². The third-order valence-electron chi connectivity index (χ3n) is 1.66. The summed E-state index contributed by atoms with van der Waals surface area (Å²) in [5.74, 6) is -1.44. The molecule has 7 nitrogen and oxygen atoms in total. The smallest absolute Gasteiger partial charge is 0.335 e. The topological polar surface area (TPSA) is 104 Å². The van der Waals surface area contributed by atoms with Crippen LogP contribution in [0.1, 0.15) is 0 Å². The van der Waals surface area contributed by atoms with Crippen molar-refractivity contribution >= 4 is 22.3 Å². The SMILES string of the molecule is O=C(O)[C@H](CO)N(c1cccs1)[N+](=O)[O-]. The maximum Gasteiger partial charge on any atom is 0.335 e. The van der Waals surface area contributed by atoms with Crippen LogP contribution in [0.5, 0.6) is 0 Å². The third kappa shape index (κ3) is 2.42. The van der Waals surface area contributed by atoms with Crippen LogP contribution < -0.4 is 5.01 Å². The molecule has 0 fully saturated rings. The van der Waals surface area contributed by atoms with E-state index < -0.39 is 23.7 Å². The molecule has 0 amide bonds. The van der Waals surface area contributed by atoms with E-state index in [1.165, 1.54) is 6.07 Å². The number of nitro groups is 1. The fourth-order valence-electron chi connectivity index (χ4n) is 1.01. The van der Waals surface area contributed by atoms with Gasteiger partial charge in [0.2, 0.25) is 6.04 Å². The summed E-state index contributed by atoms with van der Waals surface area (Å²) in [4.78, 5) is 21.3. The number of aliphatic hydroxyl groups is 1. The van der Waals surface area contributed by atoms with Crippen LogP contribution in [0.4, 0.5) is 5.00 Å². The number of hydrogen-bond acceptors (Lipinski definition) is 5. The van der Waals surface area contributed by atoms with E-state index in [1.54, 1.807) is 11.4 Å². The normalized spacial score (nSPS) is 12.1. The first kappa shape index (κ1) is 11.4. The van der Waals surface area contributed by atoms with Gasteiger partial charge >= 0.3 is 5.97 Å². The first-order chi connectivity index (χ1) is 7.07. The van der Waals surface area contributed by atoms with Gasteiger partial charge in [0, 0.05) is 0 Å². The lowest BCUT2D eigenvalue weighted by Gasteiger charge is -2.17. The predicted octanol–water partition coefficient (Wildman–Crippen LogP) is 0.192. The first-order valence-corrected chi connectivity index (χ1v) is 4.76. The van der Waals surface area contributed by atoms with E-state index in [9.17, 15) is 14.9 Å². The van der Waals surface area contributed by atoms with Gasteiger partial charge in [0.15, 0.2) is 10.0 Å². The Bertz CT molecular complexity index is 352. The maximum absolute atomic E-state index is 10.7. The zero-order chi connectivity index (χ0) is 11.4. The molecule has 0 unspecified atom stereocenters. The molecule has 0 radical (unpaired) electrons. The second kappa shape index (κ2) is 4.71. The van der Waals surface area contributed by atoms with Gasteiger partial charge in [-0.15, -0.1) is 11.3 Å². The fourth-order valence-corrected chi connectivity index (χ4v) is 1.76. The van der Waals surface area contributed by atoms with E-state index >= 15 is 0 Å². The molecular weight excluding hydrogens is 224 g/mol. The summed E-state index contributed by atoms with van der Waals surface area (Å²) >= 11 is 1.03. The van der Waals surface area contributed by atoms with E-state index in [0.29, 0.717) is 5.01 Å². The number of hydrazine groups is 1. The van der Waals surface area contributed by atoms with E-state index in [0.717, 1.165) is 11.3 Å². The molecule has 0 aromatic carbocycles. The molecule has 8 heteroatoms. The Morgan fingerprint density at radius 1 is 1.73 bits per heavy atom. The van der Waals surface area contributed by atoms with Gasteiger partial charge in [-0.1, -0.05) is 5.01 Å². The lowest BCUT2D eigenvalue weighted by molar-refractivity contribution is -0.498. The summed E-state index contributed by atoms with van der Waals surface area (Å²) in [5, 5.41) is 29.5. The van der Waals surface area contributed by atoms with Gasteiger partial charge in [-0.05, 0) is 17.5 Å². The molecular formula is C7H8N2O5S. The van der Waals surface area contributed by atoms with Gasteiger partial charge in [0.05, 0.1) is 6.61 Å². The Balaban J connectivity index is 3.02. The maximum atomic E-state index is 10.7. The molecule has 82 valence electrons. The van der Waals surface area contributed by atoms with E-state index in [-0.39, 0.29) is 5.00 Å². The summed E-state index contributed by atoms with van der Waals surface area (Å²) in [6, 6.07) is 1.41. The molecule has 1 heterocycles. The molecule has 0 aliphatic heterocycles. The number of carboxylic acids is 1. The molecule has 0 saturated carbocycles. The van der Waals surface area contributed by atoms with Crippen molar-refractivity contribution in [3.05, 3.63) is 27.6 Å². The van der Waals surface area contributed by atoms with Crippen LogP contribution in [0.25, 0.3) is 0 Å². The van der Waals surface area contributed by atoms with Crippen LogP contribution in [0.3, 0.4) is 0 Å². The molecule has 0 bridgehead atoms. The summed E-state index contributed by atoms with van der Waals surface area (Å²) < 4.78 is 0. The Hall–Kier alpha value is -1.67. The zero-order valence-corrected chi connectivity index (χ0v) is 8.25. The molecule has 1 aromatic heterocycles. The quantitative estimate of drug-likeness (QED) is 0.554. The van der Waals surface area contributed by atoms with Crippen LogP contribution in [-0.2, 0) is 4.79 Å². The summed E-state index contributed by atoms with van der Waals surface area (Å²) in [6.45, 7) is -0.825. The average molecular weight is 232 g/mol. The Kier molecular flexibility index (Phi) is 3.58. The van der Waals surface area contributed by atoms with Crippen molar-refractivity contribution in [2.24, 2.45) is 0 Å². The zero-order valence-electron chi connectivity index (χ0n) is 7.44. The molecule has 0 saturated heterocycles. The summed E-state index contributed by atoms with van der Waals surface area (Å²) in [5.41, 5.74) is 0. The molecule has 0 spiro atoms. The average Bonchev–Trinajstić information content (AvgIpc) is 2.64. The highest BCUT2D eigenvalue weighted by Crippen LogP contribution is 2.23. The van der Waals surface area contributed by atoms with Gasteiger partial charge in [-0.3, -0.25) is 0 Å². The Labute approximate surface area is 88.3 Å². The number of thiophene rings is 1. The molecule has 0 aliphatic carbocycles. The van der Waals surface area contributed by atoms with E-state index in [4.69, 9.17) is 10.2 Å². The van der Waals surface area contributed by atoms with Crippen molar-refractivity contribution in [2.75, 3.05) is 11.6 Å². The Morgan fingerprint density at radius 2 is 2.40 bits per heavy atom. The highest BCUT2D eigenvalue weighted by atomic mass is 32.1. The highest BCUT2D eigenvalue weighted by molar-refractivity contribution is 7.14. The number of carbonyl (C=O) groups is 1. The van der Waals surface area contributed by atoms with Crippen molar-refractivity contribution in [3.63, 3.8) is 0 Å². The van der Waals surface area contributed by atoms with E-state index in [1.807, 2.05) is 0 Å². The minimum atomic E-state index is -1.57. The van der Waals surface area contributed by atoms with Gasteiger partial charge in [0.1, 0.15) is 0 Å². The predicted molar refractivity (Wildman–Crippen MR) is 52.3 cm³/mol. The summed E-state index contributed by atoms with van der Waals surface area (Å²) in [6.07, 6.45) is 0. The minimum Gasteiger partial charge on any atom is -0.479 e. The van der Waals surface area contributed by atoms with Gasteiger partial charge in [-0.2, -0.15) is 0 Å². The number of aliphatic hydroxyl groups excluding tert-OH is 1. The van der Waals surface area contributed by atoms with Crippen LogP contribution in [0.2, 0.25) is 0 Å². The third-order valence-corrected chi connectivity index (χ3v) is 2.52. The molecule has 0 aliphatic rings. The molecule has 15 heavy (non-hydrogen) atoms. The fraction of sp³-hybridized carbons (Fsp3) is 0.286. The van der Waals surface area contributed by atoms with Crippen LogP contribution in [0.15, 0.2) is 17.5 Å².